The van der Waals surface area contributed by atoms with Crippen LogP contribution in [0.5, 0.6) is 0 Å². The fraction of sp³-hybridized carbons (Fsp3) is 0.900. The summed E-state index contributed by atoms with van der Waals surface area (Å²) in [6.07, 6.45) is 20.9. The summed E-state index contributed by atoms with van der Waals surface area (Å²) in [5, 5.41) is 13.5. The van der Waals surface area contributed by atoms with Crippen molar-refractivity contribution in [2.75, 3.05) is 0 Å². The first-order valence-electron chi connectivity index (χ1n) is 9.68. The maximum atomic E-state index is 8.24. The van der Waals surface area contributed by atoms with Gasteiger partial charge < -0.3 is 10.8 Å². The largest absolute Gasteiger partial charge is 0.724 e. The van der Waals surface area contributed by atoms with Gasteiger partial charge >= 0.3 is 0 Å². The zero-order valence-corrected chi connectivity index (χ0v) is 16.6. The summed E-state index contributed by atoms with van der Waals surface area (Å²) in [6, 6.07) is 0. The predicted molar refractivity (Wildman–Crippen MR) is 105 cm³/mol. The van der Waals surface area contributed by atoms with E-state index in [2.05, 4.69) is 27.7 Å². The molecule has 144 valence electrons. The second kappa shape index (κ2) is 43.0. The third-order valence-corrected chi connectivity index (χ3v) is 3.41. The average molecular weight is 341 g/mol. The molecule has 0 fully saturated rings. The molecule has 0 saturated carbocycles. The van der Waals surface area contributed by atoms with E-state index in [4.69, 9.17) is 20.4 Å². The summed E-state index contributed by atoms with van der Waals surface area (Å²) < 4.78 is 0. The van der Waals surface area contributed by atoms with Crippen molar-refractivity contribution in [1.82, 2.24) is 0 Å². The molecule has 0 aliphatic carbocycles. The average Bonchev–Trinajstić information content (AvgIpc) is 2.57. The first-order valence-corrected chi connectivity index (χ1v) is 9.68. The Labute approximate surface area is 150 Å². The summed E-state index contributed by atoms with van der Waals surface area (Å²) in [5.41, 5.74) is 0. The number of isocyanates is 2. The molecule has 24 heavy (non-hydrogen) atoms. The Morgan fingerprint density at radius 3 is 0.708 bits per heavy atom. The summed E-state index contributed by atoms with van der Waals surface area (Å²) in [7, 11) is 0. The topological polar surface area (TPSA) is 78.7 Å². The molecule has 4 nitrogen and oxygen atoms in total. The molecule has 0 N–H and O–H groups in total. The summed E-state index contributed by atoms with van der Waals surface area (Å²) in [5.74, 6) is 0. The van der Waals surface area contributed by atoms with Crippen molar-refractivity contribution in [3.05, 3.63) is 10.8 Å². The lowest BCUT2D eigenvalue weighted by molar-refractivity contribution is 0.568. The van der Waals surface area contributed by atoms with E-state index < -0.39 is 0 Å². The van der Waals surface area contributed by atoms with Gasteiger partial charge in [-0.3, -0.25) is 9.59 Å². The fourth-order valence-corrected chi connectivity index (χ4v) is 2.06. The first kappa shape index (κ1) is 30.6. The van der Waals surface area contributed by atoms with Gasteiger partial charge in [-0.05, 0) is 12.2 Å². The minimum absolute atomic E-state index is 0.500. The minimum Gasteiger partial charge on any atom is -0.724 e. The van der Waals surface area contributed by atoms with Gasteiger partial charge in [-0.2, -0.15) is 0 Å². The van der Waals surface area contributed by atoms with Gasteiger partial charge in [-0.1, -0.05) is 118 Å². The van der Waals surface area contributed by atoms with Crippen LogP contribution >= 0.6 is 0 Å². The Morgan fingerprint density at radius 2 is 0.583 bits per heavy atom. The van der Waals surface area contributed by atoms with E-state index in [0.29, 0.717) is 12.2 Å². The predicted octanol–water partition coefficient (Wildman–Crippen LogP) is 7.30. The smallest absolute Gasteiger partial charge is 0.0159 e. The molecular formula is C20H40N2O2-2. The van der Waals surface area contributed by atoms with Gasteiger partial charge in [-0.15, -0.1) is 0 Å². The highest BCUT2D eigenvalue weighted by Crippen LogP contribution is 2.07. The van der Waals surface area contributed by atoms with Crippen LogP contribution in [-0.2, 0) is 9.59 Å². The van der Waals surface area contributed by atoms with E-state index in [1.54, 1.807) is 0 Å². The molecule has 4 heteroatoms. The van der Waals surface area contributed by atoms with Gasteiger partial charge in [0.1, 0.15) is 0 Å². The first-order chi connectivity index (χ1) is 11.7. The molecule has 0 amide bonds. The monoisotopic (exact) mass is 340 g/mol. The molecule has 0 aromatic heterocycles. The Balaban J connectivity index is -0.000000127. The van der Waals surface area contributed by atoms with Crippen molar-refractivity contribution in [3.8, 4) is 0 Å². The van der Waals surface area contributed by atoms with Crippen molar-refractivity contribution in [1.29, 1.82) is 0 Å². The summed E-state index contributed by atoms with van der Waals surface area (Å²) in [6.45, 7) is 9.05. The van der Waals surface area contributed by atoms with Gasteiger partial charge in [0.05, 0.1) is 0 Å². The van der Waals surface area contributed by atoms with Crippen LogP contribution in [0.2, 0.25) is 0 Å². The molecule has 0 unspecified atom stereocenters. The molecule has 0 saturated heterocycles. The van der Waals surface area contributed by atoms with Crippen molar-refractivity contribution in [3.63, 3.8) is 0 Å². The molecule has 0 bridgehead atoms. The quantitative estimate of drug-likeness (QED) is 0.212. The highest BCUT2D eigenvalue weighted by molar-refractivity contribution is 5.37. The van der Waals surface area contributed by atoms with Crippen LogP contribution in [0.1, 0.15) is 118 Å². The van der Waals surface area contributed by atoms with E-state index in [-0.39, 0.29) is 0 Å². The molecule has 0 aromatic rings. The van der Waals surface area contributed by atoms with Gasteiger partial charge in [0.2, 0.25) is 0 Å². The van der Waals surface area contributed by atoms with Gasteiger partial charge in [-0.25, -0.2) is 0 Å². The van der Waals surface area contributed by atoms with Gasteiger partial charge in [0.25, 0.3) is 0 Å². The Bertz CT molecular complexity index is 218. The number of nitrogens with zero attached hydrogens (tertiary/aromatic N) is 2. The number of carbonyl (C=O) groups excluding carboxylic acids is 2. The molecule has 0 atom stereocenters. The van der Waals surface area contributed by atoms with E-state index in [1.807, 2.05) is 0 Å². The van der Waals surface area contributed by atoms with E-state index in [1.165, 1.54) is 89.9 Å². The second-order valence-electron chi connectivity index (χ2n) is 5.72. The zero-order valence-electron chi connectivity index (χ0n) is 16.6. The van der Waals surface area contributed by atoms with Crippen molar-refractivity contribution < 1.29 is 9.59 Å². The van der Waals surface area contributed by atoms with Crippen LogP contribution in [0.4, 0.5) is 0 Å². The van der Waals surface area contributed by atoms with E-state index in [9.17, 15) is 0 Å². The SMILES string of the molecule is CCCCCCCC.CCCCCCCCCC.[N-]=C=O.[N-]=C=O. The molecule has 0 aromatic carbocycles. The number of hydrogen-bond donors (Lipinski definition) is 0. The Kier molecular flexibility index (Phi) is 54.9. The molecule has 0 aliphatic heterocycles. The second-order valence-corrected chi connectivity index (χ2v) is 5.72. The molecule has 0 aliphatic rings. The van der Waals surface area contributed by atoms with Crippen LogP contribution in [0.25, 0.3) is 10.8 Å². The van der Waals surface area contributed by atoms with E-state index >= 15 is 0 Å². The summed E-state index contributed by atoms with van der Waals surface area (Å²) in [4.78, 5) is 16.5. The third-order valence-electron chi connectivity index (χ3n) is 3.41. The number of hydrogen-bond acceptors (Lipinski definition) is 2. The Hall–Kier alpha value is -1.24. The van der Waals surface area contributed by atoms with Crippen molar-refractivity contribution in [2.45, 2.75) is 118 Å². The van der Waals surface area contributed by atoms with Crippen LogP contribution < -0.4 is 0 Å². The minimum atomic E-state index is 0.500. The fourth-order valence-electron chi connectivity index (χ4n) is 2.06. The van der Waals surface area contributed by atoms with Gasteiger partial charge in [0, 0.05) is 0 Å². The summed E-state index contributed by atoms with van der Waals surface area (Å²) >= 11 is 0. The highest BCUT2D eigenvalue weighted by Gasteiger charge is 1.87. The highest BCUT2D eigenvalue weighted by atomic mass is 16.1. The lowest BCUT2D eigenvalue weighted by atomic mass is 10.1. The molecule has 0 spiro atoms. The molecule has 0 radical (unpaired) electrons. The number of rotatable bonds is 12. The van der Waals surface area contributed by atoms with Crippen molar-refractivity contribution >= 4 is 12.2 Å². The van der Waals surface area contributed by atoms with Crippen LogP contribution in [-0.4, -0.2) is 12.2 Å². The zero-order chi connectivity index (χ0) is 19.3. The van der Waals surface area contributed by atoms with Crippen LogP contribution in [0, 0.1) is 0 Å². The molecular weight excluding hydrogens is 300 g/mol. The maximum absolute atomic E-state index is 8.24. The number of unbranched alkanes of at least 4 members (excludes halogenated alkanes) is 12. The molecule has 0 heterocycles. The lowest BCUT2D eigenvalue weighted by Gasteiger charge is -1.97. The van der Waals surface area contributed by atoms with Crippen molar-refractivity contribution in [2.24, 2.45) is 0 Å². The third kappa shape index (κ3) is 70.0. The maximum Gasteiger partial charge on any atom is -0.0159 e. The normalized spacial score (nSPS) is 8.17. The standard InChI is InChI=1S/C10H22.C8H18.2CNO/c1-3-5-7-9-10-8-6-4-2;1-3-5-7-8-6-4-2;2*2-1-3/h3-10H2,1-2H3;3-8H2,1-2H3;;/q;;2*-1. The van der Waals surface area contributed by atoms with Crippen LogP contribution in [0.15, 0.2) is 0 Å². The Morgan fingerprint density at radius 1 is 0.458 bits per heavy atom. The lowest BCUT2D eigenvalue weighted by Crippen LogP contribution is -1.77. The van der Waals surface area contributed by atoms with Gasteiger partial charge in [0.15, 0.2) is 0 Å². The van der Waals surface area contributed by atoms with E-state index in [0.717, 1.165) is 0 Å². The van der Waals surface area contributed by atoms with Crippen LogP contribution in [0.3, 0.4) is 0 Å². The molecule has 0 rings (SSSR count).